The van der Waals surface area contributed by atoms with Crippen molar-refractivity contribution < 1.29 is 9.59 Å². The van der Waals surface area contributed by atoms with E-state index in [0.29, 0.717) is 0 Å². The number of hydrogen-bond acceptors (Lipinski definition) is 4. The molecule has 0 saturated carbocycles. The summed E-state index contributed by atoms with van der Waals surface area (Å²) in [7, 11) is 0. The molecule has 3 aliphatic rings. The molecule has 2 amide bonds. The smallest absolute Gasteiger partial charge is 0.253 e. The minimum absolute atomic E-state index is 0.0103. The van der Waals surface area contributed by atoms with Gasteiger partial charge in [-0.2, -0.15) is 0 Å². The Bertz CT molecular complexity index is 543. The lowest BCUT2D eigenvalue weighted by Gasteiger charge is -2.49. The van der Waals surface area contributed by atoms with Crippen LogP contribution in [0.5, 0.6) is 0 Å². The van der Waals surface area contributed by atoms with Crippen molar-refractivity contribution in [3.8, 4) is 0 Å². The number of nitrogens with two attached hydrogens (primary N) is 1. The van der Waals surface area contributed by atoms with Crippen LogP contribution >= 0.6 is 11.8 Å². The second-order valence-corrected chi connectivity index (χ2v) is 6.61. The summed E-state index contributed by atoms with van der Waals surface area (Å²) in [6.45, 7) is 1.92. The second-order valence-electron chi connectivity index (χ2n) is 5.46. The molecule has 0 aromatic rings. The van der Waals surface area contributed by atoms with Gasteiger partial charge in [-0.3, -0.25) is 14.5 Å². The average Bonchev–Trinajstić information content (AvgIpc) is 2.51. The molecule has 3 N–H and O–H groups in total. The Hall–Kier alpha value is -1.53. The molecule has 0 bridgehead atoms. The van der Waals surface area contributed by atoms with Crippen LogP contribution < -0.4 is 11.1 Å². The van der Waals surface area contributed by atoms with Gasteiger partial charge >= 0.3 is 0 Å². The maximum atomic E-state index is 12.2. The first-order chi connectivity index (χ1) is 10.1. The Kier molecular flexibility index (Phi) is 3.91. The van der Waals surface area contributed by atoms with Crippen molar-refractivity contribution >= 4 is 23.6 Å². The third-order valence-corrected chi connectivity index (χ3v) is 5.26. The Morgan fingerprint density at radius 1 is 1.48 bits per heavy atom. The maximum absolute atomic E-state index is 12.2. The van der Waals surface area contributed by atoms with Gasteiger partial charge in [0.25, 0.3) is 5.91 Å². The van der Waals surface area contributed by atoms with E-state index in [0.717, 1.165) is 17.9 Å². The lowest BCUT2D eigenvalue weighted by Crippen LogP contribution is -2.70. The SMILES string of the molecule is CC1=CCSC2C(NC(=O)C(N)C3C=CCC=C3)C(=O)N12. The van der Waals surface area contributed by atoms with Gasteiger partial charge in [-0.15, -0.1) is 11.8 Å². The first-order valence-electron chi connectivity index (χ1n) is 7.10. The number of amides is 2. The first kappa shape index (κ1) is 14.4. The van der Waals surface area contributed by atoms with Gasteiger partial charge in [0, 0.05) is 17.4 Å². The molecular formula is C15H19N3O2S. The summed E-state index contributed by atoms with van der Waals surface area (Å²) in [5, 5.41) is 2.82. The van der Waals surface area contributed by atoms with Crippen LogP contribution in [-0.2, 0) is 9.59 Å². The van der Waals surface area contributed by atoms with Crippen LogP contribution in [0.2, 0.25) is 0 Å². The van der Waals surface area contributed by atoms with E-state index in [2.05, 4.69) is 5.32 Å². The highest BCUT2D eigenvalue weighted by Gasteiger charge is 2.50. The fourth-order valence-electron chi connectivity index (χ4n) is 2.79. The highest BCUT2D eigenvalue weighted by molar-refractivity contribution is 8.00. The molecule has 3 unspecified atom stereocenters. The topological polar surface area (TPSA) is 75.4 Å². The number of β-lactam (4-membered cyclic amide) rings is 1. The van der Waals surface area contributed by atoms with Crippen LogP contribution in [-0.4, -0.2) is 39.9 Å². The van der Waals surface area contributed by atoms with Gasteiger partial charge in [0.15, 0.2) is 0 Å². The number of carbonyl (C=O) groups is 2. The fraction of sp³-hybridized carbons (Fsp3) is 0.467. The molecule has 3 atom stereocenters. The maximum Gasteiger partial charge on any atom is 0.253 e. The van der Waals surface area contributed by atoms with Crippen molar-refractivity contribution in [2.24, 2.45) is 11.7 Å². The third-order valence-electron chi connectivity index (χ3n) is 4.07. The number of thioether (sulfide) groups is 1. The molecule has 1 fully saturated rings. The molecule has 1 saturated heterocycles. The van der Waals surface area contributed by atoms with Crippen LogP contribution in [0.25, 0.3) is 0 Å². The van der Waals surface area contributed by atoms with Gasteiger partial charge in [-0.1, -0.05) is 30.4 Å². The molecule has 112 valence electrons. The normalized spacial score (nSPS) is 29.5. The van der Waals surface area contributed by atoms with E-state index in [1.807, 2.05) is 37.3 Å². The van der Waals surface area contributed by atoms with Crippen molar-refractivity contribution in [3.63, 3.8) is 0 Å². The number of carbonyl (C=O) groups excluding carboxylic acids is 2. The number of nitrogens with zero attached hydrogens (tertiary/aromatic N) is 1. The molecule has 0 radical (unpaired) electrons. The predicted molar refractivity (Wildman–Crippen MR) is 83.1 cm³/mol. The predicted octanol–water partition coefficient (Wildman–Crippen LogP) is 0.750. The fourth-order valence-corrected chi connectivity index (χ4v) is 4.12. The number of hydrogen-bond donors (Lipinski definition) is 2. The molecule has 21 heavy (non-hydrogen) atoms. The van der Waals surface area contributed by atoms with Gasteiger partial charge in [-0.25, -0.2) is 0 Å². The van der Waals surface area contributed by atoms with Crippen molar-refractivity contribution in [2.75, 3.05) is 5.75 Å². The van der Waals surface area contributed by atoms with E-state index in [4.69, 9.17) is 5.73 Å². The monoisotopic (exact) mass is 305 g/mol. The Morgan fingerprint density at radius 2 is 2.19 bits per heavy atom. The van der Waals surface area contributed by atoms with E-state index >= 15 is 0 Å². The van der Waals surface area contributed by atoms with E-state index < -0.39 is 12.1 Å². The zero-order valence-electron chi connectivity index (χ0n) is 11.9. The zero-order valence-corrected chi connectivity index (χ0v) is 12.7. The second kappa shape index (κ2) is 5.69. The minimum Gasteiger partial charge on any atom is -0.340 e. The largest absolute Gasteiger partial charge is 0.340 e. The first-order valence-corrected chi connectivity index (χ1v) is 8.15. The Morgan fingerprint density at radius 3 is 2.90 bits per heavy atom. The van der Waals surface area contributed by atoms with E-state index in [1.54, 1.807) is 16.7 Å². The molecule has 1 aliphatic carbocycles. The Balaban J connectivity index is 1.62. The molecular weight excluding hydrogens is 286 g/mol. The molecule has 2 heterocycles. The number of fused-ring (bicyclic) bond motifs is 1. The summed E-state index contributed by atoms with van der Waals surface area (Å²) in [5.41, 5.74) is 6.97. The van der Waals surface area contributed by atoms with Gasteiger partial charge < -0.3 is 11.1 Å². The van der Waals surface area contributed by atoms with Gasteiger partial charge in [0.2, 0.25) is 5.91 Å². The zero-order chi connectivity index (χ0) is 15.0. The summed E-state index contributed by atoms with van der Waals surface area (Å²) >= 11 is 1.66. The van der Waals surface area contributed by atoms with Gasteiger partial charge in [0.1, 0.15) is 11.4 Å². The summed E-state index contributed by atoms with van der Waals surface area (Å²) in [4.78, 5) is 26.1. The summed E-state index contributed by atoms with van der Waals surface area (Å²) in [6.07, 6.45) is 10.8. The number of nitrogens with one attached hydrogen (secondary N) is 1. The highest BCUT2D eigenvalue weighted by atomic mass is 32.2. The Labute approximate surface area is 128 Å². The number of allylic oxidation sites excluding steroid dienone is 3. The van der Waals surface area contributed by atoms with Crippen LogP contribution in [0.4, 0.5) is 0 Å². The van der Waals surface area contributed by atoms with E-state index in [9.17, 15) is 9.59 Å². The lowest BCUT2D eigenvalue weighted by atomic mass is 9.94. The van der Waals surface area contributed by atoms with E-state index in [1.165, 1.54) is 0 Å². The molecule has 0 aromatic heterocycles. The van der Waals surface area contributed by atoms with Crippen LogP contribution in [0, 0.1) is 5.92 Å². The van der Waals surface area contributed by atoms with Crippen LogP contribution in [0.1, 0.15) is 13.3 Å². The quantitative estimate of drug-likeness (QED) is 0.596. The minimum atomic E-state index is -0.648. The number of rotatable bonds is 3. The van der Waals surface area contributed by atoms with Crippen LogP contribution in [0.3, 0.4) is 0 Å². The third kappa shape index (κ3) is 2.53. The van der Waals surface area contributed by atoms with Crippen molar-refractivity contribution in [2.45, 2.75) is 30.8 Å². The average molecular weight is 305 g/mol. The van der Waals surface area contributed by atoms with Gasteiger partial charge in [-0.05, 0) is 13.3 Å². The highest BCUT2D eigenvalue weighted by Crippen LogP contribution is 2.37. The summed E-state index contributed by atoms with van der Waals surface area (Å²) < 4.78 is 0. The lowest BCUT2D eigenvalue weighted by molar-refractivity contribution is -0.146. The molecule has 6 heteroatoms. The van der Waals surface area contributed by atoms with Crippen LogP contribution in [0.15, 0.2) is 36.1 Å². The molecule has 2 aliphatic heterocycles. The molecule has 0 aromatic carbocycles. The van der Waals surface area contributed by atoms with Crippen molar-refractivity contribution in [3.05, 3.63) is 36.1 Å². The van der Waals surface area contributed by atoms with Gasteiger partial charge in [0.05, 0.1) is 6.04 Å². The summed E-state index contributed by atoms with van der Waals surface area (Å²) in [6, 6.07) is -1.10. The van der Waals surface area contributed by atoms with E-state index in [-0.39, 0.29) is 23.1 Å². The standard InChI is InChI=1S/C15H19N3O2S/c1-9-7-8-21-15-12(14(20)18(9)15)17-13(19)11(16)10-5-3-2-4-6-10/h3-7,10-12,15H,2,8,16H2,1H3,(H,17,19). The van der Waals surface area contributed by atoms with Crippen molar-refractivity contribution in [1.29, 1.82) is 0 Å². The summed E-state index contributed by atoms with van der Waals surface area (Å²) in [5.74, 6) is 0.469. The molecule has 5 nitrogen and oxygen atoms in total. The molecule has 0 spiro atoms. The van der Waals surface area contributed by atoms with Crippen molar-refractivity contribution in [1.82, 2.24) is 10.2 Å². The molecule has 3 rings (SSSR count).